The Morgan fingerprint density at radius 3 is 2.67 bits per heavy atom. The number of carbonyl (C=O) groups is 1. The standard InChI is InChI=1S/C12H14N4O2/c13-6-10-7-16(15-14-10)8-12(18)5-9-1-3-11(17)4-2-9/h1-4,7,17H,5-6,8,13H2. The maximum absolute atomic E-state index is 11.8. The number of aromatic nitrogens is 3. The van der Waals surface area contributed by atoms with Gasteiger partial charge in [-0.2, -0.15) is 0 Å². The fourth-order valence-electron chi connectivity index (χ4n) is 1.59. The van der Waals surface area contributed by atoms with Crippen LogP contribution >= 0.6 is 0 Å². The van der Waals surface area contributed by atoms with Gasteiger partial charge >= 0.3 is 0 Å². The first kappa shape index (κ1) is 12.3. The number of carbonyl (C=O) groups excluding carboxylic acids is 1. The van der Waals surface area contributed by atoms with E-state index in [-0.39, 0.29) is 18.1 Å². The van der Waals surface area contributed by atoms with E-state index in [0.717, 1.165) is 5.56 Å². The van der Waals surface area contributed by atoms with E-state index in [2.05, 4.69) is 10.3 Å². The molecule has 0 aliphatic heterocycles. The van der Waals surface area contributed by atoms with Crippen LogP contribution in [0.1, 0.15) is 11.3 Å². The van der Waals surface area contributed by atoms with Gasteiger partial charge in [-0.3, -0.25) is 4.79 Å². The topological polar surface area (TPSA) is 94.0 Å². The Morgan fingerprint density at radius 2 is 2.06 bits per heavy atom. The SMILES string of the molecule is NCc1cn(CC(=O)Cc2ccc(O)cc2)nn1. The lowest BCUT2D eigenvalue weighted by Crippen LogP contribution is -2.13. The van der Waals surface area contributed by atoms with Crippen molar-refractivity contribution >= 4 is 5.78 Å². The molecule has 0 aliphatic carbocycles. The quantitative estimate of drug-likeness (QED) is 0.789. The van der Waals surface area contributed by atoms with Crippen molar-refractivity contribution in [2.24, 2.45) is 5.73 Å². The summed E-state index contributed by atoms with van der Waals surface area (Å²) in [6, 6.07) is 6.56. The first-order valence-electron chi connectivity index (χ1n) is 5.56. The summed E-state index contributed by atoms with van der Waals surface area (Å²) in [4.78, 5) is 11.8. The van der Waals surface area contributed by atoms with Crippen molar-refractivity contribution in [3.8, 4) is 5.75 Å². The van der Waals surface area contributed by atoms with Crippen molar-refractivity contribution in [3.05, 3.63) is 41.7 Å². The van der Waals surface area contributed by atoms with Crippen LogP contribution in [0.4, 0.5) is 0 Å². The lowest BCUT2D eigenvalue weighted by atomic mass is 10.1. The number of nitrogens with two attached hydrogens (primary N) is 1. The third-order valence-corrected chi connectivity index (χ3v) is 2.47. The second-order valence-electron chi connectivity index (χ2n) is 3.99. The van der Waals surface area contributed by atoms with Gasteiger partial charge in [-0.15, -0.1) is 5.10 Å². The summed E-state index contributed by atoms with van der Waals surface area (Å²) >= 11 is 0. The number of nitrogens with zero attached hydrogens (tertiary/aromatic N) is 3. The van der Waals surface area contributed by atoms with Gasteiger partial charge in [0.25, 0.3) is 0 Å². The van der Waals surface area contributed by atoms with Crippen LogP contribution < -0.4 is 5.73 Å². The number of phenols is 1. The molecular weight excluding hydrogens is 232 g/mol. The molecule has 2 aromatic rings. The van der Waals surface area contributed by atoms with Gasteiger partial charge in [0.1, 0.15) is 12.3 Å². The number of rotatable bonds is 5. The van der Waals surface area contributed by atoms with Crippen molar-refractivity contribution < 1.29 is 9.90 Å². The van der Waals surface area contributed by atoms with Crippen LogP contribution in [0.15, 0.2) is 30.5 Å². The molecule has 0 bridgehead atoms. The minimum atomic E-state index is 0.0224. The molecule has 18 heavy (non-hydrogen) atoms. The fraction of sp³-hybridized carbons (Fsp3) is 0.250. The van der Waals surface area contributed by atoms with Gasteiger partial charge in [-0.1, -0.05) is 17.3 Å². The smallest absolute Gasteiger partial charge is 0.158 e. The Balaban J connectivity index is 1.94. The Morgan fingerprint density at radius 1 is 1.33 bits per heavy atom. The summed E-state index contributed by atoms with van der Waals surface area (Å²) in [6.07, 6.45) is 1.97. The van der Waals surface area contributed by atoms with Gasteiger partial charge in [0.15, 0.2) is 5.78 Å². The minimum absolute atomic E-state index is 0.0224. The molecule has 3 N–H and O–H groups in total. The van der Waals surface area contributed by atoms with Gasteiger partial charge in [0.2, 0.25) is 0 Å². The molecule has 0 saturated carbocycles. The first-order valence-corrected chi connectivity index (χ1v) is 5.56. The normalized spacial score (nSPS) is 10.5. The monoisotopic (exact) mass is 246 g/mol. The van der Waals surface area contributed by atoms with Crippen LogP contribution in [0.25, 0.3) is 0 Å². The zero-order chi connectivity index (χ0) is 13.0. The second-order valence-corrected chi connectivity index (χ2v) is 3.99. The molecule has 0 spiro atoms. The molecule has 0 fully saturated rings. The number of aromatic hydroxyl groups is 1. The Bertz CT molecular complexity index is 533. The van der Waals surface area contributed by atoms with E-state index in [9.17, 15) is 4.79 Å². The summed E-state index contributed by atoms with van der Waals surface area (Å²) in [5.74, 6) is 0.212. The number of Topliss-reactive ketones (excluding diaryl/α,β-unsaturated/α-hetero) is 1. The predicted molar refractivity (Wildman–Crippen MR) is 64.7 cm³/mol. The minimum Gasteiger partial charge on any atom is -0.508 e. The molecular formula is C12H14N4O2. The van der Waals surface area contributed by atoms with E-state index in [1.54, 1.807) is 30.5 Å². The zero-order valence-electron chi connectivity index (χ0n) is 9.78. The van der Waals surface area contributed by atoms with Gasteiger partial charge in [0, 0.05) is 13.0 Å². The van der Waals surface area contributed by atoms with Crippen molar-refractivity contribution in [2.75, 3.05) is 0 Å². The van der Waals surface area contributed by atoms with Gasteiger partial charge in [0.05, 0.1) is 11.9 Å². The molecule has 0 radical (unpaired) electrons. The summed E-state index contributed by atoms with van der Waals surface area (Å²) in [5, 5.41) is 16.8. The second kappa shape index (κ2) is 5.42. The number of benzene rings is 1. The molecule has 2 rings (SSSR count). The van der Waals surface area contributed by atoms with Crippen LogP contribution in [0.5, 0.6) is 5.75 Å². The van der Waals surface area contributed by atoms with E-state index in [4.69, 9.17) is 10.8 Å². The van der Waals surface area contributed by atoms with Crippen molar-refractivity contribution in [1.82, 2.24) is 15.0 Å². The highest BCUT2D eigenvalue weighted by atomic mass is 16.3. The summed E-state index contributed by atoms with van der Waals surface area (Å²) < 4.78 is 1.48. The molecule has 6 heteroatoms. The highest BCUT2D eigenvalue weighted by molar-refractivity contribution is 5.80. The lowest BCUT2D eigenvalue weighted by Gasteiger charge is -2.01. The van der Waals surface area contributed by atoms with Crippen LogP contribution in [0.3, 0.4) is 0 Å². The summed E-state index contributed by atoms with van der Waals surface area (Å²) in [6.45, 7) is 0.486. The summed E-state index contributed by atoms with van der Waals surface area (Å²) in [5.41, 5.74) is 6.93. The molecule has 0 unspecified atom stereocenters. The molecule has 0 saturated heterocycles. The molecule has 94 valence electrons. The Kier molecular flexibility index (Phi) is 3.69. The predicted octanol–water partition coefficient (Wildman–Crippen LogP) is 0.254. The molecule has 6 nitrogen and oxygen atoms in total. The average molecular weight is 246 g/mol. The van der Waals surface area contributed by atoms with E-state index in [1.165, 1.54) is 4.68 Å². The molecule has 1 aromatic heterocycles. The molecule has 1 heterocycles. The molecule has 0 atom stereocenters. The molecule has 0 aliphatic rings. The van der Waals surface area contributed by atoms with Crippen molar-refractivity contribution in [3.63, 3.8) is 0 Å². The summed E-state index contributed by atoms with van der Waals surface area (Å²) in [7, 11) is 0. The van der Waals surface area contributed by atoms with Crippen LogP contribution in [-0.2, 0) is 24.3 Å². The van der Waals surface area contributed by atoms with Crippen LogP contribution in [-0.4, -0.2) is 25.9 Å². The fourth-order valence-corrected chi connectivity index (χ4v) is 1.59. The third kappa shape index (κ3) is 3.14. The van der Waals surface area contributed by atoms with Crippen LogP contribution in [0, 0.1) is 0 Å². The highest BCUT2D eigenvalue weighted by Gasteiger charge is 2.07. The first-order chi connectivity index (χ1) is 8.67. The molecule has 0 amide bonds. The van der Waals surface area contributed by atoms with Crippen molar-refractivity contribution in [2.45, 2.75) is 19.5 Å². The van der Waals surface area contributed by atoms with Crippen LogP contribution in [0.2, 0.25) is 0 Å². The highest BCUT2D eigenvalue weighted by Crippen LogP contribution is 2.10. The third-order valence-electron chi connectivity index (χ3n) is 2.47. The Hall–Kier alpha value is -2.21. The van der Waals surface area contributed by atoms with Crippen molar-refractivity contribution in [1.29, 1.82) is 0 Å². The van der Waals surface area contributed by atoms with E-state index in [1.807, 2.05) is 0 Å². The number of hydrogen-bond acceptors (Lipinski definition) is 5. The maximum Gasteiger partial charge on any atom is 0.158 e. The van der Waals surface area contributed by atoms with Gasteiger partial charge < -0.3 is 10.8 Å². The van der Waals surface area contributed by atoms with Gasteiger partial charge in [-0.25, -0.2) is 4.68 Å². The Labute approximate surface area is 104 Å². The van der Waals surface area contributed by atoms with E-state index >= 15 is 0 Å². The lowest BCUT2D eigenvalue weighted by molar-refractivity contribution is -0.119. The maximum atomic E-state index is 11.8. The number of phenolic OH excluding ortho intramolecular Hbond substituents is 1. The molecule has 1 aromatic carbocycles. The zero-order valence-corrected chi connectivity index (χ0v) is 9.78. The number of hydrogen-bond donors (Lipinski definition) is 2. The van der Waals surface area contributed by atoms with Gasteiger partial charge in [-0.05, 0) is 17.7 Å². The van der Waals surface area contributed by atoms with E-state index < -0.39 is 0 Å². The average Bonchev–Trinajstić information content (AvgIpc) is 2.79. The van der Waals surface area contributed by atoms with E-state index in [0.29, 0.717) is 18.7 Å². The largest absolute Gasteiger partial charge is 0.508 e. The number of ketones is 1.